The first-order valence-corrected chi connectivity index (χ1v) is 10.8. The highest BCUT2D eigenvalue weighted by Crippen LogP contribution is 2.27. The molecule has 0 fully saturated rings. The lowest BCUT2D eigenvalue weighted by Crippen LogP contribution is -1.95. The minimum absolute atomic E-state index is 0.417. The van der Waals surface area contributed by atoms with Crippen molar-refractivity contribution < 1.29 is 0 Å². The topological polar surface area (TPSA) is 25.8 Å². The van der Waals surface area contributed by atoms with Gasteiger partial charge in [-0.15, -0.1) is 0 Å². The van der Waals surface area contributed by atoms with Crippen LogP contribution < -0.4 is 0 Å². The minimum atomic E-state index is 0.417. The zero-order valence-electron chi connectivity index (χ0n) is 17.9. The lowest BCUT2D eigenvalue weighted by molar-refractivity contribution is 1.15. The second-order valence-electron chi connectivity index (χ2n) is 7.45. The molecule has 1 aromatic heterocycles. The third-order valence-electron chi connectivity index (χ3n) is 5.08. The molecular weight excluding hydrogens is 412 g/mol. The van der Waals surface area contributed by atoms with Crippen molar-refractivity contribution in [3.05, 3.63) is 138 Å². The Balaban J connectivity index is 1.76. The van der Waals surface area contributed by atoms with Gasteiger partial charge in [0.25, 0.3) is 0 Å². The summed E-state index contributed by atoms with van der Waals surface area (Å²) in [6.07, 6.45) is 4.23. The van der Waals surface area contributed by atoms with Gasteiger partial charge in [-0.05, 0) is 46.9 Å². The molecule has 0 saturated heterocycles. The molecule has 0 aliphatic rings. The van der Waals surface area contributed by atoms with Crippen LogP contribution in [0.4, 0.5) is 0 Å². The molecule has 0 aliphatic heterocycles. The van der Waals surface area contributed by atoms with Gasteiger partial charge < -0.3 is 0 Å². The predicted molar refractivity (Wildman–Crippen MR) is 136 cm³/mol. The Labute approximate surface area is 194 Å². The quantitative estimate of drug-likeness (QED) is 0.227. The fraction of sp³-hybridized carbons (Fsp3) is 0.0345. The average Bonchev–Trinajstić information content (AvgIpc) is 2.84. The van der Waals surface area contributed by atoms with E-state index in [-0.39, 0.29) is 0 Å². The molecule has 4 rings (SSSR count). The summed E-state index contributed by atoms with van der Waals surface area (Å²) in [5.41, 5.74) is 6.89. The highest BCUT2D eigenvalue weighted by molar-refractivity contribution is 6.29. The molecule has 0 radical (unpaired) electrons. The van der Waals surface area contributed by atoms with Gasteiger partial charge in [0.15, 0.2) is 5.82 Å². The van der Waals surface area contributed by atoms with Gasteiger partial charge >= 0.3 is 0 Å². The van der Waals surface area contributed by atoms with Gasteiger partial charge in [-0.2, -0.15) is 0 Å². The molecule has 0 saturated carbocycles. The van der Waals surface area contributed by atoms with Gasteiger partial charge in [0.1, 0.15) is 5.15 Å². The number of hydrogen-bond donors (Lipinski definition) is 0. The maximum absolute atomic E-state index is 6.35. The number of rotatable bonds is 6. The fourth-order valence-corrected chi connectivity index (χ4v) is 3.59. The Morgan fingerprint density at radius 2 is 1.31 bits per heavy atom. The van der Waals surface area contributed by atoms with Crippen molar-refractivity contribution in [3.8, 4) is 11.4 Å². The van der Waals surface area contributed by atoms with Crippen molar-refractivity contribution in [2.24, 2.45) is 0 Å². The van der Waals surface area contributed by atoms with Crippen LogP contribution in [-0.4, -0.2) is 9.97 Å². The molecule has 0 N–H and O–H groups in total. The van der Waals surface area contributed by atoms with E-state index in [0.717, 1.165) is 39.1 Å². The average molecular weight is 435 g/mol. The molecule has 1 heterocycles. The number of benzene rings is 3. The Hall–Kier alpha value is -3.75. The van der Waals surface area contributed by atoms with E-state index >= 15 is 0 Å². The normalized spacial score (nSPS) is 11.9. The maximum atomic E-state index is 6.35. The van der Waals surface area contributed by atoms with Gasteiger partial charge in [0, 0.05) is 11.6 Å². The number of aromatic nitrogens is 2. The molecule has 3 heteroatoms. The van der Waals surface area contributed by atoms with Crippen LogP contribution in [0.3, 0.4) is 0 Å². The van der Waals surface area contributed by atoms with E-state index < -0.39 is 0 Å². The zero-order chi connectivity index (χ0) is 22.3. The smallest absolute Gasteiger partial charge is 0.161 e. The first-order valence-electron chi connectivity index (χ1n) is 10.4. The standard InChI is InChI=1S/C29H23ClN2/c1-21(23-12-6-3-7-13-23)18-26(24-14-8-4-9-15-24)19-22(2)27-20-28(30)32-29(31-27)25-16-10-5-11-17-25/h3-20H,1H2,2H3/b22-19+,26-18+. The van der Waals surface area contributed by atoms with E-state index in [4.69, 9.17) is 16.6 Å². The highest BCUT2D eigenvalue weighted by atomic mass is 35.5. The van der Waals surface area contributed by atoms with E-state index in [1.165, 1.54) is 0 Å². The first-order chi connectivity index (χ1) is 15.6. The van der Waals surface area contributed by atoms with E-state index in [0.29, 0.717) is 11.0 Å². The van der Waals surface area contributed by atoms with Crippen molar-refractivity contribution in [3.63, 3.8) is 0 Å². The second kappa shape index (κ2) is 10.0. The van der Waals surface area contributed by atoms with Crippen LogP contribution in [0.15, 0.2) is 116 Å². The molecule has 32 heavy (non-hydrogen) atoms. The molecule has 0 unspecified atom stereocenters. The van der Waals surface area contributed by atoms with Gasteiger partial charge in [-0.3, -0.25) is 0 Å². The summed E-state index contributed by atoms with van der Waals surface area (Å²) >= 11 is 6.35. The molecule has 0 spiro atoms. The van der Waals surface area contributed by atoms with Crippen molar-refractivity contribution in [1.29, 1.82) is 0 Å². The monoisotopic (exact) mass is 434 g/mol. The summed E-state index contributed by atoms with van der Waals surface area (Å²) in [6.45, 7) is 6.32. The van der Waals surface area contributed by atoms with Crippen LogP contribution in [0.1, 0.15) is 23.7 Å². The van der Waals surface area contributed by atoms with Gasteiger partial charge in [-0.25, -0.2) is 9.97 Å². The van der Waals surface area contributed by atoms with Crippen molar-refractivity contribution >= 4 is 28.3 Å². The molecule has 0 amide bonds. The van der Waals surface area contributed by atoms with Gasteiger partial charge in [-0.1, -0.05) is 109 Å². The summed E-state index contributed by atoms with van der Waals surface area (Å²) in [4.78, 5) is 9.18. The van der Waals surface area contributed by atoms with Crippen LogP contribution in [0.25, 0.3) is 28.1 Å². The number of allylic oxidation sites excluding steroid dienone is 5. The van der Waals surface area contributed by atoms with Crippen molar-refractivity contribution in [1.82, 2.24) is 9.97 Å². The SMILES string of the molecule is C=C(/C=C(\C=C(/C)c1cc(Cl)nc(-c2ccccc2)n1)c1ccccc1)c1ccccc1. The molecule has 0 aliphatic carbocycles. The molecule has 0 bridgehead atoms. The van der Waals surface area contributed by atoms with Crippen LogP contribution >= 0.6 is 11.6 Å². The summed E-state index contributed by atoms with van der Waals surface area (Å²) in [7, 11) is 0. The highest BCUT2D eigenvalue weighted by Gasteiger charge is 2.09. The van der Waals surface area contributed by atoms with Crippen LogP contribution in [0.2, 0.25) is 5.15 Å². The molecule has 0 atom stereocenters. The summed E-state index contributed by atoms with van der Waals surface area (Å²) in [6, 6.07) is 32.1. The summed E-state index contributed by atoms with van der Waals surface area (Å²) in [5, 5.41) is 0.417. The summed E-state index contributed by atoms with van der Waals surface area (Å²) in [5.74, 6) is 0.611. The Morgan fingerprint density at radius 1 is 0.750 bits per heavy atom. The molecule has 3 aromatic carbocycles. The summed E-state index contributed by atoms with van der Waals surface area (Å²) < 4.78 is 0. The lowest BCUT2D eigenvalue weighted by atomic mass is 9.97. The Kier molecular flexibility index (Phi) is 6.74. The number of nitrogens with zero attached hydrogens (tertiary/aromatic N) is 2. The largest absolute Gasteiger partial charge is 0.228 e. The third-order valence-corrected chi connectivity index (χ3v) is 5.28. The van der Waals surface area contributed by atoms with E-state index in [2.05, 4.69) is 48.0 Å². The van der Waals surface area contributed by atoms with Gasteiger partial charge in [0.05, 0.1) is 5.69 Å². The van der Waals surface area contributed by atoms with Crippen molar-refractivity contribution in [2.45, 2.75) is 6.92 Å². The molecule has 2 nitrogen and oxygen atoms in total. The van der Waals surface area contributed by atoms with Crippen LogP contribution in [0.5, 0.6) is 0 Å². The van der Waals surface area contributed by atoms with E-state index in [1.54, 1.807) is 6.07 Å². The minimum Gasteiger partial charge on any atom is -0.228 e. The lowest BCUT2D eigenvalue weighted by Gasteiger charge is -2.10. The van der Waals surface area contributed by atoms with Crippen LogP contribution in [-0.2, 0) is 0 Å². The number of hydrogen-bond acceptors (Lipinski definition) is 2. The van der Waals surface area contributed by atoms with E-state index in [9.17, 15) is 0 Å². The molecule has 156 valence electrons. The second-order valence-corrected chi connectivity index (χ2v) is 7.84. The fourth-order valence-electron chi connectivity index (χ4n) is 3.41. The van der Waals surface area contributed by atoms with Crippen molar-refractivity contribution in [2.75, 3.05) is 0 Å². The predicted octanol–water partition coefficient (Wildman–Crippen LogP) is 8.00. The molecule has 4 aromatic rings. The first kappa shape index (κ1) is 21.5. The zero-order valence-corrected chi connectivity index (χ0v) is 18.6. The Morgan fingerprint density at radius 3 is 1.94 bits per heavy atom. The van der Waals surface area contributed by atoms with Crippen LogP contribution in [0, 0.1) is 0 Å². The maximum Gasteiger partial charge on any atom is 0.161 e. The van der Waals surface area contributed by atoms with E-state index in [1.807, 2.05) is 73.7 Å². The molecular formula is C29H23ClN2. The Bertz CT molecular complexity index is 1270. The third kappa shape index (κ3) is 5.29. The van der Waals surface area contributed by atoms with Gasteiger partial charge in [0.2, 0.25) is 0 Å². The number of halogens is 1.